The molecule has 0 unspecified atom stereocenters. The van der Waals surface area contributed by atoms with Crippen LogP contribution in [0.4, 0.5) is 5.69 Å². The van der Waals surface area contributed by atoms with E-state index in [4.69, 9.17) is 11.6 Å². The Balaban J connectivity index is 1.60. The van der Waals surface area contributed by atoms with Crippen LogP contribution >= 0.6 is 11.6 Å². The normalized spacial score (nSPS) is 13.9. The summed E-state index contributed by atoms with van der Waals surface area (Å²) in [5.41, 5.74) is 2.77. The number of benzene rings is 2. The molecule has 1 aromatic heterocycles. The number of aryl methyl sites for hydroxylation is 1. The lowest BCUT2D eigenvalue weighted by molar-refractivity contribution is -0.116. The van der Waals surface area contributed by atoms with Crippen molar-refractivity contribution in [3.8, 4) is 0 Å². The summed E-state index contributed by atoms with van der Waals surface area (Å²) in [6.45, 7) is 3.43. The number of para-hydroxylation sites is 1. The van der Waals surface area contributed by atoms with Crippen molar-refractivity contribution < 1.29 is 9.59 Å². The maximum atomic E-state index is 12.9. The number of amides is 2. The second-order valence-electron chi connectivity index (χ2n) is 7.03. The Bertz CT molecular complexity index is 1050. The number of carbonyl (C=O) groups is 2. The van der Waals surface area contributed by atoms with Gasteiger partial charge < -0.3 is 10.2 Å². The predicted molar refractivity (Wildman–Crippen MR) is 110 cm³/mol. The van der Waals surface area contributed by atoms with Gasteiger partial charge in [0.1, 0.15) is 6.54 Å². The number of anilines is 1. The van der Waals surface area contributed by atoms with E-state index in [0.29, 0.717) is 16.4 Å². The number of fused-ring (bicyclic) bond motifs is 1. The molecular weight excluding hydrogens is 376 g/mol. The van der Waals surface area contributed by atoms with Crippen molar-refractivity contribution in [2.45, 2.75) is 26.3 Å². The van der Waals surface area contributed by atoms with Crippen molar-refractivity contribution in [1.29, 1.82) is 0 Å². The minimum absolute atomic E-state index is 0.0237. The van der Waals surface area contributed by atoms with Gasteiger partial charge >= 0.3 is 0 Å². The van der Waals surface area contributed by atoms with Gasteiger partial charge in [0.05, 0.1) is 5.52 Å². The largest absolute Gasteiger partial charge is 0.337 e. The zero-order valence-corrected chi connectivity index (χ0v) is 16.4. The first-order valence-electron chi connectivity index (χ1n) is 9.34. The first-order chi connectivity index (χ1) is 13.5. The lowest BCUT2D eigenvalue weighted by Gasteiger charge is -2.13. The lowest BCUT2D eigenvalue weighted by atomic mass is 10.2. The van der Waals surface area contributed by atoms with E-state index in [1.807, 2.05) is 36.1 Å². The Labute approximate surface area is 168 Å². The highest BCUT2D eigenvalue weighted by Gasteiger charge is 2.25. The van der Waals surface area contributed by atoms with Gasteiger partial charge in [-0.05, 0) is 49.6 Å². The van der Waals surface area contributed by atoms with Gasteiger partial charge in [0.25, 0.3) is 5.91 Å². The third-order valence-corrected chi connectivity index (χ3v) is 5.24. The summed E-state index contributed by atoms with van der Waals surface area (Å²) in [5, 5.41) is 8.78. The van der Waals surface area contributed by atoms with E-state index < -0.39 is 0 Å². The van der Waals surface area contributed by atoms with Crippen molar-refractivity contribution in [1.82, 2.24) is 14.7 Å². The molecule has 0 bridgehead atoms. The fraction of sp³-hybridized carbons (Fsp3) is 0.286. The second kappa shape index (κ2) is 7.64. The number of nitrogens with zero attached hydrogens (tertiary/aromatic N) is 3. The molecule has 4 rings (SSSR count). The van der Waals surface area contributed by atoms with Gasteiger partial charge in [0.2, 0.25) is 5.91 Å². The van der Waals surface area contributed by atoms with Crippen LogP contribution in [0.3, 0.4) is 0 Å². The molecule has 0 spiro atoms. The standard InChI is InChI=1S/C21H21ClN4O2/c1-14-12-15(22)8-9-17(14)23-19(27)13-26-18-7-3-2-6-16(18)20(24-26)21(28)25-10-4-5-11-25/h2-3,6-9,12H,4-5,10-11,13H2,1H3,(H,23,27). The fourth-order valence-corrected chi connectivity index (χ4v) is 3.80. The Hall–Kier alpha value is -2.86. The Morgan fingerprint density at radius 1 is 1.14 bits per heavy atom. The van der Waals surface area contributed by atoms with Crippen molar-refractivity contribution in [2.75, 3.05) is 18.4 Å². The smallest absolute Gasteiger partial charge is 0.275 e. The SMILES string of the molecule is Cc1cc(Cl)ccc1NC(=O)Cn1nc(C(=O)N2CCCC2)c2ccccc21. The van der Waals surface area contributed by atoms with E-state index in [2.05, 4.69) is 10.4 Å². The number of nitrogens with one attached hydrogen (secondary N) is 1. The van der Waals surface area contributed by atoms with E-state index in [1.165, 1.54) is 0 Å². The maximum absolute atomic E-state index is 12.9. The van der Waals surface area contributed by atoms with E-state index in [1.54, 1.807) is 22.9 Å². The predicted octanol–water partition coefficient (Wildman–Crippen LogP) is 3.87. The average molecular weight is 397 g/mol. The van der Waals surface area contributed by atoms with Gasteiger partial charge in [-0.1, -0.05) is 29.8 Å². The number of carbonyl (C=O) groups excluding carboxylic acids is 2. The summed E-state index contributed by atoms with van der Waals surface area (Å²) in [6.07, 6.45) is 2.04. The van der Waals surface area contributed by atoms with Crippen molar-refractivity contribution >= 4 is 40.0 Å². The van der Waals surface area contributed by atoms with Crippen LogP contribution in [-0.2, 0) is 11.3 Å². The molecule has 1 saturated heterocycles. The van der Waals surface area contributed by atoms with Gasteiger partial charge in [-0.2, -0.15) is 5.10 Å². The minimum Gasteiger partial charge on any atom is -0.337 e. The lowest BCUT2D eigenvalue weighted by Crippen LogP contribution is -2.28. The molecule has 2 amide bonds. The molecule has 28 heavy (non-hydrogen) atoms. The summed E-state index contributed by atoms with van der Waals surface area (Å²) >= 11 is 5.97. The molecule has 144 valence electrons. The molecule has 1 N–H and O–H groups in total. The van der Waals surface area contributed by atoms with Crippen LogP contribution in [0.1, 0.15) is 28.9 Å². The zero-order valence-electron chi connectivity index (χ0n) is 15.6. The van der Waals surface area contributed by atoms with Crippen LogP contribution in [0.2, 0.25) is 5.02 Å². The molecular formula is C21H21ClN4O2. The zero-order chi connectivity index (χ0) is 19.7. The summed E-state index contributed by atoms with van der Waals surface area (Å²) in [5.74, 6) is -0.278. The second-order valence-corrected chi connectivity index (χ2v) is 7.47. The number of likely N-dealkylation sites (tertiary alicyclic amines) is 1. The van der Waals surface area contributed by atoms with Gasteiger partial charge in [-0.25, -0.2) is 0 Å². The highest BCUT2D eigenvalue weighted by molar-refractivity contribution is 6.30. The molecule has 0 aliphatic carbocycles. The van der Waals surface area contributed by atoms with E-state index in [9.17, 15) is 9.59 Å². The number of hydrogen-bond donors (Lipinski definition) is 1. The number of rotatable bonds is 4. The topological polar surface area (TPSA) is 67.2 Å². The van der Waals surface area contributed by atoms with E-state index in [0.717, 1.165) is 42.4 Å². The van der Waals surface area contributed by atoms with E-state index in [-0.39, 0.29) is 18.4 Å². The Morgan fingerprint density at radius 2 is 1.89 bits per heavy atom. The summed E-state index contributed by atoms with van der Waals surface area (Å²) in [7, 11) is 0. The fourth-order valence-electron chi connectivity index (χ4n) is 3.57. The molecule has 0 atom stereocenters. The third-order valence-electron chi connectivity index (χ3n) is 5.01. The first-order valence-corrected chi connectivity index (χ1v) is 9.71. The number of hydrogen-bond acceptors (Lipinski definition) is 3. The van der Waals surface area contributed by atoms with Crippen LogP contribution in [0, 0.1) is 6.92 Å². The van der Waals surface area contributed by atoms with Gasteiger partial charge in [0.15, 0.2) is 5.69 Å². The quantitative estimate of drug-likeness (QED) is 0.727. The molecule has 1 fully saturated rings. The van der Waals surface area contributed by atoms with Crippen LogP contribution < -0.4 is 5.32 Å². The monoisotopic (exact) mass is 396 g/mol. The molecule has 1 aliphatic rings. The summed E-state index contributed by atoms with van der Waals surface area (Å²) in [4.78, 5) is 27.3. The highest BCUT2D eigenvalue weighted by Crippen LogP contribution is 2.23. The van der Waals surface area contributed by atoms with Crippen LogP contribution in [0.15, 0.2) is 42.5 Å². The maximum Gasteiger partial charge on any atom is 0.275 e. The highest BCUT2D eigenvalue weighted by atomic mass is 35.5. The summed E-state index contributed by atoms with van der Waals surface area (Å²) in [6, 6.07) is 12.8. The van der Waals surface area contributed by atoms with Crippen molar-refractivity contribution in [2.24, 2.45) is 0 Å². The molecule has 2 heterocycles. The van der Waals surface area contributed by atoms with E-state index >= 15 is 0 Å². The molecule has 7 heteroatoms. The molecule has 0 radical (unpaired) electrons. The van der Waals surface area contributed by atoms with Gasteiger partial charge in [-0.3, -0.25) is 14.3 Å². The number of halogens is 1. The van der Waals surface area contributed by atoms with Gasteiger partial charge in [-0.15, -0.1) is 0 Å². The molecule has 2 aromatic carbocycles. The van der Waals surface area contributed by atoms with Crippen LogP contribution in [0.25, 0.3) is 10.9 Å². The van der Waals surface area contributed by atoms with Gasteiger partial charge in [0, 0.05) is 29.2 Å². The third kappa shape index (κ3) is 3.60. The average Bonchev–Trinajstić information content (AvgIpc) is 3.32. The first kappa shape index (κ1) is 18.5. The minimum atomic E-state index is -0.209. The Kier molecular flexibility index (Phi) is 5.05. The summed E-state index contributed by atoms with van der Waals surface area (Å²) < 4.78 is 1.60. The van der Waals surface area contributed by atoms with Crippen molar-refractivity contribution in [3.05, 3.63) is 58.7 Å². The molecule has 6 nitrogen and oxygen atoms in total. The van der Waals surface area contributed by atoms with Crippen LogP contribution in [0.5, 0.6) is 0 Å². The van der Waals surface area contributed by atoms with Crippen LogP contribution in [-0.4, -0.2) is 39.6 Å². The molecule has 1 aliphatic heterocycles. The molecule has 0 saturated carbocycles. The Morgan fingerprint density at radius 3 is 2.64 bits per heavy atom. The number of aromatic nitrogens is 2. The molecule has 3 aromatic rings. The van der Waals surface area contributed by atoms with Crippen molar-refractivity contribution in [3.63, 3.8) is 0 Å².